The molecule has 0 spiro atoms. The van der Waals surface area contributed by atoms with Crippen LogP contribution in [0.3, 0.4) is 0 Å². The third-order valence-corrected chi connectivity index (χ3v) is 6.57. The molecule has 0 aliphatic heterocycles. The molecule has 3 atom stereocenters. The third-order valence-electron chi connectivity index (χ3n) is 4.30. The summed E-state index contributed by atoms with van der Waals surface area (Å²) in [6.07, 6.45) is 4.33. The Morgan fingerprint density at radius 2 is 2.00 bits per heavy atom. The van der Waals surface area contributed by atoms with Gasteiger partial charge in [0.25, 0.3) is 0 Å². The number of rotatable bonds is 6. The van der Waals surface area contributed by atoms with Crippen LogP contribution in [0.1, 0.15) is 45.1 Å². The van der Waals surface area contributed by atoms with E-state index in [9.17, 15) is 4.21 Å². The molecule has 7 heteroatoms. The molecule has 2 rings (SSSR count). The lowest BCUT2D eigenvalue weighted by Crippen LogP contribution is -2.46. The lowest BCUT2D eigenvalue weighted by molar-refractivity contribution is 0.413. The van der Waals surface area contributed by atoms with Crippen molar-refractivity contribution in [3.05, 3.63) is 34.3 Å². The largest absolute Gasteiger partial charge is 0.357 e. The standard InChI is InChI=1S/C18H28BrN3OS.HI/c1-3-20-18(21-13-14-8-10-15(19)11-9-14)22-16-6-5-7-17(12-16)24(23)4-2;/h8-11,16-17H,3-7,12-13H2,1-2H3,(H2,20,21,22);1H. The molecule has 1 saturated carbocycles. The van der Waals surface area contributed by atoms with E-state index >= 15 is 0 Å². The van der Waals surface area contributed by atoms with E-state index in [-0.39, 0.29) is 24.0 Å². The zero-order chi connectivity index (χ0) is 17.4. The fourth-order valence-electron chi connectivity index (χ4n) is 3.02. The van der Waals surface area contributed by atoms with Crippen molar-refractivity contribution in [1.29, 1.82) is 0 Å². The van der Waals surface area contributed by atoms with E-state index in [4.69, 9.17) is 4.99 Å². The van der Waals surface area contributed by atoms with Crippen molar-refractivity contribution in [2.75, 3.05) is 12.3 Å². The Hall–Kier alpha value is -0.150. The van der Waals surface area contributed by atoms with Crippen molar-refractivity contribution >= 4 is 56.7 Å². The second kappa shape index (κ2) is 12.3. The number of benzene rings is 1. The molecule has 142 valence electrons. The summed E-state index contributed by atoms with van der Waals surface area (Å²) in [5.41, 5.74) is 1.18. The Morgan fingerprint density at radius 3 is 2.64 bits per heavy atom. The van der Waals surface area contributed by atoms with Gasteiger partial charge in [0.05, 0.1) is 6.54 Å². The van der Waals surface area contributed by atoms with Crippen LogP contribution in [-0.2, 0) is 17.3 Å². The molecule has 1 aliphatic rings. The van der Waals surface area contributed by atoms with Crippen molar-refractivity contribution < 1.29 is 4.21 Å². The number of hydrogen-bond acceptors (Lipinski definition) is 2. The normalized spacial score (nSPS) is 22.0. The van der Waals surface area contributed by atoms with Crippen molar-refractivity contribution in [2.24, 2.45) is 4.99 Å². The smallest absolute Gasteiger partial charge is 0.191 e. The van der Waals surface area contributed by atoms with Crippen molar-refractivity contribution in [3.63, 3.8) is 0 Å². The van der Waals surface area contributed by atoms with Crippen molar-refractivity contribution in [2.45, 2.75) is 57.4 Å². The van der Waals surface area contributed by atoms with E-state index < -0.39 is 10.8 Å². The van der Waals surface area contributed by atoms with Crippen LogP contribution < -0.4 is 10.6 Å². The SMILES string of the molecule is CCNC(=NCc1ccc(Br)cc1)NC1CCCC(S(=O)CC)C1.I. The van der Waals surface area contributed by atoms with E-state index in [1.165, 1.54) is 5.56 Å². The Morgan fingerprint density at radius 1 is 1.28 bits per heavy atom. The molecule has 0 heterocycles. The molecule has 0 aromatic heterocycles. The second-order valence-electron chi connectivity index (χ2n) is 6.12. The van der Waals surface area contributed by atoms with Gasteiger partial charge < -0.3 is 10.6 Å². The summed E-state index contributed by atoms with van der Waals surface area (Å²) in [5.74, 6) is 1.61. The molecule has 1 aromatic rings. The van der Waals surface area contributed by atoms with Gasteiger partial charge in [0, 0.05) is 38.9 Å². The Balaban J connectivity index is 0.00000312. The molecule has 2 N–H and O–H groups in total. The van der Waals surface area contributed by atoms with Crippen molar-refractivity contribution in [1.82, 2.24) is 10.6 Å². The predicted molar refractivity (Wildman–Crippen MR) is 122 cm³/mol. The summed E-state index contributed by atoms with van der Waals surface area (Å²) in [6, 6.07) is 8.60. The summed E-state index contributed by atoms with van der Waals surface area (Å²) in [5, 5.41) is 7.20. The Bertz CT molecular complexity index is 568. The second-order valence-corrected chi connectivity index (χ2v) is 9.04. The van der Waals surface area contributed by atoms with Crippen LogP contribution in [0, 0.1) is 0 Å². The number of halogens is 2. The van der Waals surface area contributed by atoms with Gasteiger partial charge in [-0.2, -0.15) is 0 Å². The minimum atomic E-state index is -0.693. The van der Waals surface area contributed by atoms with Crippen LogP contribution in [0.5, 0.6) is 0 Å². The average molecular weight is 542 g/mol. The minimum Gasteiger partial charge on any atom is -0.357 e. The van der Waals surface area contributed by atoms with Crippen molar-refractivity contribution in [3.8, 4) is 0 Å². The highest BCUT2D eigenvalue weighted by Gasteiger charge is 2.25. The van der Waals surface area contributed by atoms with Crippen LogP contribution in [0.25, 0.3) is 0 Å². The molecule has 1 fully saturated rings. The highest BCUT2D eigenvalue weighted by atomic mass is 127. The zero-order valence-electron chi connectivity index (χ0n) is 15.0. The predicted octanol–water partition coefficient (Wildman–Crippen LogP) is 4.20. The van der Waals surface area contributed by atoms with E-state index in [2.05, 4.69) is 45.6 Å². The van der Waals surface area contributed by atoms with E-state index in [1.807, 2.05) is 19.1 Å². The maximum Gasteiger partial charge on any atom is 0.191 e. The molecule has 1 aliphatic carbocycles. The maximum absolute atomic E-state index is 12.1. The van der Waals surface area contributed by atoms with Crippen LogP contribution in [0.15, 0.2) is 33.7 Å². The first-order chi connectivity index (χ1) is 11.6. The van der Waals surface area contributed by atoms with Gasteiger partial charge in [-0.1, -0.05) is 41.4 Å². The van der Waals surface area contributed by atoms with Crippen LogP contribution in [-0.4, -0.2) is 33.8 Å². The molecule has 25 heavy (non-hydrogen) atoms. The lowest BCUT2D eigenvalue weighted by Gasteiger charge is -2.30. The van der Waals surface area contributed by atoms with Gasteiger partial charge >= 0.3 is 0 Å². The molecule has 3 unspecified atom stereocenters. The first-order valence-corrected chi connectivity index (χ1v) is 11.0. The zero-order valence-corrected chi connectivity index (χ0v) is 19.7. The molecule has 0 bridgehead atoms. The minimum absolute atomic E-state index is 0. The highest BCUT2D eigenvalue weighted by molar-refractivity contribution is 14.0. The first-order valence-electron chi connectivity index (χ1n) is 8.78. The first kappa shape index (κ1) is 22.9. The fourth-order valence-corrected chi connectivity index (χ4v) is 4.64. The summed E-state index contributed by atoms with van der Waals surface area (Å²) < 4.78 is 13.2. The van der Waals surface area contributed by atoms with Gasteiger partial charge in [0.1, 0.15) is 0 Å². The molecular formula is C18H29BrIN3OS. The summed E-state index contributed by atoms with van der Waals surface area (Å²) in [7, 11) is -0.693. The maximum atomic E-state index is 12.1. The topological polar surface area (TPSA) is 53.5 Å². The van der Waals surface area contributed by atoms with Crippen LogP contribution in [0.2, 0.25) is 0 Å². The van der Waals surface area contributed by atoms with Gasteiger partial charge in [0.15, 0.2) is 5.96 Å². The number of aliphatic imine (C=N–C) groups is 1. The molecule has 0 radical (unpaired) electrons. The molecule has 4 nitrogen and oxygen atoms in total. The molecular weight excluding hydrogens is 513 g/mol. The lowest BCUT2D eigenvalue weighted by atomic mass is 9.95. The van der Waals surface area contributed by atoms with E-state index in [0.29, 0.717) is 17.8 Å². The van der Waals surface area contributed by atoms with Gasteiger partial charge in [0.2, 0.25) is 0 Å². The highest BCUT2D eigenvalue weighted by Crippen LogP contribution is 2.23. The van der Waals surface area contributed by atoms with Gasteiger partial charge in [-0.05, 0) is 43.9 Å². The van der Waals surface area contributed by atoms with E-state index in [1.54, 1.807) is 0 Å². The summed E-state index contributed by atoms with van der Waals surface area (Å²) in [6.45, 7) is 5.58. The fraction of sp³-hybridized carbons (Fsp3) is 0.611. The summed E-state index contributed by atoms with van der Waals surface area (Å²) in [4.78, 5) is 4.70. The number of guanidine groups is 1. The monoisotopic (exact) mass is 541 g/mol. The quantitative estimate of drug-likeness (QED) is 0.322. The van der Waals surface area contributed by atoms with Crippen LogP contribution in [0.4, 0.5) is 0 Å². The average Bonchev–Trinajstić information content (AvgIpc) is 2.61. The van der Waals surface area contributed by atoms with E-state index in [0.717, 1.165) is 48.4 Å². The third kappa shape index (κ3) is 7.95. The van der Waals surface area contributed by atoms with Gasteiger partial charge in [-0.25, -0.2) is 4.99 Å². The Labute approximate surface area is 179 Å². The van der Waals surface area contributed by atoms with Gasteiger partial charge in [-0.15, -0.1) is 24.0 Å². The molecule has 1 aromatic carbocycles. The molecule has 0 amide bonds. The number of nitrogens with zero attached hydrogens (tertiary/aromatic N) is 1. The molecule has 0 saturated heterocycles. The van der Waals surface area contributed by atoms with Gasteiger partial charge in [-0.3, -0.25) is 4.21 Å². The Kier molecular flexibility index (Phi) is 11.2. The van der Waals surface area contributed by atoms with Crippen LogP contribution >= 0.6 is 39.9 Å². The summed E-state index contributed by atoms with van der Waals surface area (Å²) >= 11 is 3.45. The number of hydrogen-bond donors (Lipinski definition) is 2. The number of nitrogens with one attached hydrogen (secondary N) is 2.